The molecule has 27 heavy (non-hydrogen) atoms. The van der Waals surface area contributed by atoms with Crippen LogP contribution in [0.25, 0.3) is 0 Å². The molecule has 2 unspecified atom stereocenters. The second-order valence-corrected chi connectivity index (χ2v) is 9.51. The number of likely N-dealkylation sites (N-methyl/N-ethyl adjacent to an activating group) is 1. The van der Waals surface area contributed by atoms with Crippen LogP contribution in [0.5, 0.6) is 0 Å². The minimum absolute atomic E-state index is 0.156. The van der Waals surface area contributed by atoms with Gasteiger partial charge in [0.1, 0.15) is 0 Å². The molecule has 152 valence electrons. The fourth-order valence-corrected chi connectivity index (χ4v) is 4.76. The Balaban J connectivity index is 1.67. The van der Waals surface area contributed by atoms with Crippen molar-refractivity contribution in [1.82, 2.24) is 19.1 Å². The van der Waals surface area contributed by atoms with Gasteiger partial charge >= 0.3 is 5.69 Å². The largest absolute Gasteiger partial charge is 0.379 e. The Hall–Kier alpha value is -1.29. The summed E-state index contributed by atoms with van der Waals surface area (Å²) in [4.78, 5) is 28.0. The first-order chi connectivity index (χ1) is 12.8. The number of rotatable bonds is 5. The Morgan fingerprint density at radius 2 is 2.00 bits per heavy atom. The molecule has 1 aromatic heterocycles. The molecule has 2 saturated heterocycles. The van der Waals surface area contributed by atoms with Gasteiger partial charge in [-0.15, -0.1) is 0 Å². The van der Waals surface area contributed by atoms with E-state index in [4.69, 9.17) is 14.0 Å². The Bertz CT molecular complexity index is 818. The molecule has 3 heterocycles. The van der Waals surface area contributed by atoms with Crippen LogP contribution in [-0.2, 0) is 18.6 Å². The molecule has 10 nitrogen and oxygen atoms in total. The molecule has 0 aromatic carbocycles. The second-order valence-electron chi connectivity index (χ2n) is 7.08. The third kappa shape index (κ3) is 4.96. The summed E-state index contributed by atoms with van der Waals surface area (Å²) < 4.78 is 33.1. The van der Waals surface area contributed by atoms with Crippen molar-refractivity contribution in [1.29, 1.82) is 0 Å². The number of nitrogens with one attached hydrogen (secondary N) is 1. The van der Waals surface area contributed by atoms with Crippen molar-refractivity contribution < 1.29 is 18.6 Å². The predicted molar refractivity (Wildman–Crippen MR) is 99.3 cm³/mol. The molecular weight excluding hydrogens is 375 g/mol. The average molecular weight is 402 g/mol. The molecule has 3 rings (SSSR count). The van der Waals surface area contributed by atoms with Crippen molar-refractivity contribution in [2.24, 2.45) is 0 Å². The molecule has 0 bridgehead atoms. The van der Waals surface area contributed by atoms with Gasteiger partial charge in [-0.1, -0.05) is 0 Å². The second kappa shape index (κ2) is 8.38. The molecule has 0 spiro atoms. The number of aromatic nitrogens is 2. The van der Waals surface area contributed by atoms with E-state index in [1.807, 2.05) is 16.6 Å². The van der Waals surface area contributed by atoms with Crippen LogP contribution in [0.3, 0.4) is 0 Å². The zero-order valence-corrected chi connectivity index (χ0v) is 16.8. The van der Waals surface area contributed by atoms with Crippen LogP contribution in [0.2, 0.25) is 0 Å². The van der Waals surface area contributed by atoms with Crippen LogP contribution in [0, 0.1) is 6.92 Å². The number of aryl methyl sites for hydroxylation is 1. The van der Waals surface area contributed by atoms with E-state index in [1.165, 1.54) is 10.8 Å². The Morgan fingerprint density at radius 3 is 2.70 bits per heavy atom. The van der Waals surface area contributed by atoms with Gasteiger partial charge in [-0.3, -0.25) is 23.8 Å². The summed E-state index contributed by atoms with van der Waals surface area (Å²) in [6.07, 6.45) is 0.601. The molecule has 1 N–H and O–H groups in total. The molecule has 2 aliphatic heterocycles. The third-order valence-corrected chi connectivity index (χ3v) is 6.85. The van der Waals surface area contributed by atoms with E-state index in [0.717, 1.165) is 0 Å². The maximum Gasteiger partial charge on any atom is 0.330 e. The third-order valence-electron chi connectivity index (χ3n) is 4.79. The van der Waals surface area contributed by atoms with Gasteiger partial charge in [-0.2, -0.15) is 0 Å². The highest BCUT2D eigenvalue weighted by atomic mass is 31.2. The monoisotopic (exact) mass is 402 g/mol. The Morgan fingerprint density at radius 1 is 1.30 bits per heavy atom. The molecule has 2 fully saturated rings. The number of hydrogen-bond acceptors (Lipinski definition) is 7. The molecule has 0 radical (unpaired) electrons. The Labute approximate surface area is 157 Å². The maximum atomic E-state index is 12.9. The highest BCUT2D eigenvalue weighted by Gasteiger charge is 2.32. The first-order valence-corrected chi connectivity index (χ1v) is 11.0. The van der Waals surface area contributed by atoms with Gasteiger partial charge in [0.05, 0.1) is 25.9 Å². The number of H-pyrrole nitrogens is 1. The first kappa shape index (κ1) is 20.4. The SMILES string of the molecule is Cc1cn(C2CN(C)C[C@@H](COP(C)(=O)N3CCOCC3)O2)c(=O)[nH]c1=O. The van der Waals surface area contributed by atoms with Crippen LogP contribution in [0.4, 0.5) is 0 Å². The van der Waals surface area contributed by atoms with Crippen LogP contribution in [0.15, 0.2) is 15.8 Å². The van der Waals surface area contributed by atoms with E-state index in [-0.39, 0.29) is 12.7 Å². The number of aromatic amines is 1. The van der Waals surface area contributed by atoms with Crippen LogP contribution >= 0.6 is 7.52 Å². The summed E-state index contributed by atoms with van der Waals surface area (Å²) >= 11 is 0. The Kier molecular flexibility index (Phi) is 6.35. The van der Waals surface area contributed by atoms with E-state index in [0.29, 0.717) is 45.0 Å². The van der Waals surface area contributed by atoms with E-state index >= 15 is 0 Å². The van der Waals surface area contributed by atoms with Gasteiger partial charge in [0.15, 0.2) is 6.23 Å². The van der Waals surface area contributed by atoms with Crippen molar-refractivity contribution in [2.75, 3.05) is 59.7 Å². The van der Waals surface area contributed by atoms with Crippen molar-refractivity contribution >= 4 is 7.52 Å². The van der Waals surface area contributed by atoms with Gasteiger partial charge in [0, 0.05) is 44.6 Å². The maximum absolute atomic E-state index is 12.9. The van der Waals surface area contributed by atoms with Crippen LogP contribution in [0.1, 0.15) is 11.8 Å². The molecule has 1 aromatic rings. The normalized spacial score (nSPS) is 27.4. The predicted octanol–water partition coefficient (Wildman–Crippen LogP) is -0.154. The molecule has 2 aliphatic rings. The lowest BCUT2D eigenvalue weighted by molar-refractivity contribution is -0.128. The fraction of sp³-hybridized carbons (Fsp3) is 0.750. The summed E-state index contributed by atoms with van der Waals surface area (Å²) in [6.45, 7) is 6.73. The smallest absolute Gasteiger partial charge is 0.330 e. The van der Waals surface area contributed by atoms with Gasteiger partial charge in [0.25, 0.3) is 13.1 Å². The van der Waals surface area contributed by atoms with Crippen molar-refractivity contribution in [2.45, 2.75) is 19.3 Å². The quantitative estimate of drug-likeness (QED) is 0.678. The number of nitrogens with zero attached hydrogens (tertiary/aromatic N) is 3. The van der Waals surface area contributed by atoms with E-state index < -0.39 is 25.0 Å². The number of ether oxygens (including phenoxy) is 2. The summed E-state index contributed by atoms with van der Waals surface area (Å²) in [5.41, 5.74) is -0.484. The number of morpholine rings is 2. The van der Waals surface area contributed by atoms with Crippen LogP contribution < -0.4 is 11.2 Å². The van der Waals surface area contributed by atoms with Gasteiger partial charge in [-0.05, 0) is 14.0 Å². The first-order valence-electron chi connectivity index (χ1n) is 8.97. The van der Waals surface area contributed by atoms with Crippen molar-refractivity contribution in [3.8, 4) is 0 Å². The average Bonchev–Trinajstić information content (AvgIpc) is 2.63. The summed E-state index contributed by atoms with van der Waals surface area (Å²) in [7, 11) is -1.01. The summed E-state index contributed by atoms with van der Waals surface area (Å²) in [5, 5.41) is 0. The lowest BCUT2D eigenvalue weighted by Crippen LogP contribution is -2.48. The molecule has 0 amide bonds. The minimum Gasteiger partial charge on any atom is -0.379 e. The topological polar surface area (TPSA) is 106 Å². The van der Waals surface area contributed by atoms with E-state index in [2.05, 4.69) is 4.98 Å². The zero-order valence-electron chi connectivity index (χ0n) is 15.9. The fourth-order valence-electron chi connectivity index (χ4n) is 3.26. The molecular formula is C16H27N4O6P. The van der Waals surface area contributed by atoms with Crippen molar-refractivity contribution in [3.05, 3.63) is 32.6 Å². The van der Waals surface area contributed by atoms with Crippen molar-refractivity contribution in [3.63, 3.8) is 0 Å². The van der Waals surface area contributed by atoms with Gasteiger partial charge < -0.3 is 14.0 Å². The highest BCUT2D eigenvalue weighted by molar-refractivity contribution is 7.55. The van der Waals surface area contributed by atoms with Crippen LogP contribution in [-0.4, -0.2) is 84.9 Å². The van der Waals surface area contributed by atoms with Gasteiger partial charge in [0.2, 0.25) is 0 Å². The zero-order chi connectivity index (χ0) is 19.6. The number of hydrogen-bond donors (Lipinski definition) is 1. The molecule has 0 aliphatic carbocycles. The van der Waals surface area contributed by atoms with E-state index in [9.17, 15) is 14.2 Å². The highest BCUT2D eigenvalue weighted by Crippen LogP contribution is 2.47. The lowest BCUT2D eigenvalue weighted by atomic mass is 10.2. The standard InChI is InChI=1S/C16H27N4O6P/c1-12-8-20(16(22)17-15(12)21)14-10-18(2)9-13(26-14)11-25-27(3,23)19-4-6-24-7-5-19/h8,13-14H,4-7,9-11H2,1-3H3,(H,17,21,22)/t13-,14?,27?/m0/s1. The lowest BCUT2D eigenvalue weighted by Gasteiger charge is -2.38. The van der Waals surface area contributed by atoms with E-state index in [1.54, 1.807) is 13.6 Å². The molecule has 11 heteroatoms. The molecule has 0 saturated carbocycles. The summed E-state index contributed by atoms with van der Waals surface area (Å²) in [5.74, 6) is 0. The summed E-state index contributed by atoms with van der Waals surface area (Å²) in [6, 6.07) is 0. The minimum atomic E-state index is -2.93. The molecule has 3 atom stereocenters. The van der Waals surface area contributed by atoms with Gasteiger partial charge in [-0.25, -0.2) is 9.46 Å².